The molecule has 1 aliphatic rings. The number of hydrogen-bond acceptors (Lipinski definition) is 5. The fourth-order valence-corrected chi connectivity index (χ4v) is 4.94. The molecule has 0 saturated carbocycles. The van der Waals surface area contributed by atoms with Crippen molar-refractivity contribution < 1.29 is 4.79 Å². The van der Waals surface area contributed by atoms with Crippen molar-refractivity contribution >= 4 is 28.0 Å². The monoisotopic (exact) mass is 389 g/mol. The lowest BCUT2D eigenvalue weighted by Crippen LogP contribution is -2.13. The summed E-state index contributed by atoms with van der Waals surface area (Å²) in [6, 6.07) is 12.4. The number of thiazole rings is 1. The summed E-state index contributed by atoms with van der Waals surface area (Å²) in [5, 5.41) is 7.98. The Morgan fingerprint density at radius 2 is 2.11 bits per heavy atom. The molecule has 0 spiro atoms. The Kier molecular flexibility index (Phi) is 4.16. The van der Waals surface area contributed by atoms with Crippen LogP contribution in [0.15, 0.2) is 48.8 Å². The minimum atomic E-state index is -0.211. The number of aryl methyl sites for hydroxylation is 2. The molecule has 1 atom stereocenters. The standard InChI is InChI=1S/C21H19N5OS/c1-13-18(19-22-10-5-11-26(19)25-13)20(27)24-21-23-16-9-8-15(12-17(16)28-21)14-6-3-2-4-7-14/h2-7,10-11,15H,8-9,12H2,1H3,(H,23,24,27). The second-order valence-electron chi connectivity index (χ2n) is 7.04. The average molecular weight is 389 g/mol. The van der Waals surface area contributed by atoms with Crippen molar-refractivity contribution in [1.29, 1.82) is 0 Å². The number of carbonyl (C=O) groups is 1. The van der Waals surface area contributed by atoms with E-state index in [4.69, 9.17) is 0 Å². The van der Waals surface area contributed by atoms with Gasteiger partial charge in [0.15, 0.2) is 10.8 Å². The molecule has 1 N–H and O–H groups in total. The lowest BCUT2D eigenvalue weighted by molar-refractivity contribution is 0.102. The summed E-state index contributed by atoms with van der Waals surface area (Å²) in [6.45, 7) is 1.82. The van der Waals surface area contributed by atoms with Gasteiger partial charge in [-0.25, -0.2) is 14.5 Å². The molecule has 5 rings (SSSR count). The molecule has 0 bridgehead atoms. The van der Waals surface area contributed by atoms with Crippen LogP contribution < -0.4 is 5.32 Å². The molecule has 7 heteroatoms. The van der Waals surface area contributed by atoms with Crippen LogP contribution >= 0.6 is 11.3 Å². The minimum absolute atomic E-state index is 0.211. The van der Waals surface area contributed by atoms with Gasteiger partial charge in [-0.15, -0.1) is 11.3 Å². The zero-order valence-corrected chi connectivity index (χ0v) is 16.2. The Balaban J connectivity index is 1.38. The molecule has 4 aromatic rings. The highest BCUT2D eigenvalue weighted by molar-refractivity contribution is 7.15. The van der Waals surface area contributed by atoms with E-state index >= 15 is 0 Å². The van der Waals surface area contributed by atoms with Gasteiger partial charge in [-0.1, -0.05) is 30.3 Å². The van der Waals surface area contributed by atoms with E-state index in [-0.39, 0.29) is 5.91 Å². The van der Waals surface area contributed by atoms with Gasteiger partial charge in [0.1, 0.15) is 5.56 Å². The van der Waals surface area contributed by atoms with Crippen molar-refractivity contribution in [3.63, 3.8) is 0 Å². The summed E-state index contributed by atoms with van der Waals surface area (Å²) in [7, 11) is 0. The maximum atomic E-state index is 12.9. The Hall–Kier alpha value is -3.06. The number of amides is 1. The van der Waals surface area contributed by atoms with Crippen LogP contribution in [-0.2, 0) is 12.8 Å². The van der Waals surface area contributed by atoms with Crippen molar-refractivity contribution in [2.75, 3.05) is 5.32 Å². The van der Waals surface area contributed by atoms with Crippen LogP contribution in [0, 0.1) is 6.92 Å². The SMILES string of the molecule is Cc1nn2cccnc2c1C(=O)Nc1nc2c(s1)CC(c1ccccc1)CC2. The highest BCUT2D eigenvalue weighted by atomic mass is 32.1. The molecule has 0 saturated heterocycles. The largest absolute Gasteiger partial charge is 0.298 e. The van der Waals surface area contributed by atoms with Gasteiger partial charge >= 0.3 is 0 Å². The van der Waals surface area contributed by atoms with Crippen molar-refractivity contribution in [3.05, 3.63) is 76.2 Å². The molecule has 3 aromatic heterocycles. The molecule has 1 aromatic carbocycles. The molecule has 3 heterocycles. The van der Waals surface area contributed by atoms with Gasteiger partial charge < -0.3 is 0 Å². The molecular weight excluding hydrogens is 370 g/mol. The fraction of sp³-hybridized carbons (Fsp3) is 0.238. The molecule has 1 aliphatic carbocycles. The smallest absolute Gasteiger partial charge is 0.263 e. The van der Waals surface area contributed by atoms with Gasteiger partial charge in [-0.05, 0) is 43.7 Å². The zero-order valence-electron chi connectivity index (χ0n) is 15.4. The maximum absolute atomic E-state index is 12.9. The van der Waals surface area contributed by atoms with Crippen LogP contribution in [0.5, 0.6) is 0 Å². The summed E-state index contributed by atoms with van der Waals surface area (Å²) in [5.41, 5.74) is 4.20. The third kappa shape index (κ3) is 2.97. The number of rotatable bonds is 3. The van der Waals surface area contributed by atoms with Crippen LogP contribution in [0.25, 0.3) is 5.65 Å². The van der Waals surface area contributed by atoms with E-state index in [9.17, 15) is 4.79 Å². The number of nitrogens with one attached hydrogen (secondary N) is 1. The second kappa shape index (κ2) is 6.83. The highest BCUT2D eigenvalue weighted by Crippen LogP contribution is 2.37. The quantitative estimate of drug-likeness (QED) is 0.574. The van der Waals surface area contributed by atoms with Gasteiger partial charge in [-0.3, -0.25) is 10.1 Å². The average Bonchev–Trinajstić information content (AvgIpc) is 3.26. The zero-order chi connectivity index (χ0) is 19.1. The van der Waals surface area contributed by atoms with Crippen molar-refractivity contribution in [2.45, 2.75) is 32.1 Å². The normalized spacial score (nSPS) is 16.1. The summed E-state index contributed by atoms with van der Waals surface area (Å²) in [5.74, 6) is 0.306. The lowest BCUT2D eigenvalue weighted by atomic mass is 9.85. The fourth-order valence-electron chi connectivity index (χ4n) is 3.86. The molecule has 140 valence electrons. The molecular formula is C21H19N5OS. The lowest BCUT2D eigenvalue weighted by Gasteiger charge is -2.21. The topological polar surface area (TPSA) is 72.2 Å². The summed E-state index contributed by atoms with van der Waals surface area (Å²) in [4.78, 5) is 23.1. The van der Waals surface area contributed by atoms with E-state index in [1.54, 1.807) is 34.3 Å². The number of anilines is 1. The van der Waals surface area contributed by atoms with Crippen LogP contribution in [0.2, 0.25) is 0 Å². The number of fused-ring (bicyclic) bond motifs is 2. The molecule has 0 aliphatic heterocycles. The Labute approximate surface area is 166 Å². The van der Waals surface area contributed by atoms with Crippen molar-refractivity contribution in [3.8, 4) is 0 Å². The third-order valence-electron chi connectivity index (χ3n) is 5.23. The minimum Gasteiger partial charge on any atom is -0.298 e. The molecule has 1 unspecified atom stereocenters. The van der Waals surface area contributed by atoms with Gasteiger partial charge in [0.25, 0.3) is 5.91 Å². The molecule has 1 amide bonds. The van der Waals surface area contributed by atoms with E-state index in [1.165, 1.54) is 10.4 Å². The summed E-state index contributed by atoms with van der Waals surface area (Å²) >= 11 is 1.58. The summed E-state index contributed by atoms with van der Waals surface area (Å²) < 4.78 is 1.63. The van der Waals surface area contributed by atoms with E-state index in [1.807, 2.05) is 6.92 Å². The first-order valence-corrected chi connectivity index (χ1v) is 10.2. The first kappa shape index (κ1) is 17.1. The number of benzene rings is 1. The van der Waals surface area contributed by atoms with Crippen molar-refractivity contribution in [2.24, 2.45) is 0 Å². The maximum Gasteiger partial charge on any atom is 0.263 e. The van der Waals surface area contributed by atoms with Crippen LogP contribution in [-0.4, -0.2) is 25.5 Å². The number of nitrogens with zero attached hydrogens (tertiary/aromatic N) is 4. The van der Waals surface area contributed by atoms with Gasteiger partial charge in [0.05, 0.1) is 11.4 Å². The number of hydrogen-bond donors (Lipinski definition) is 1. The number of aromatic nitrogens is 4. The van der Waals surface area contributed by atoms with E-state index in [0.29, 0.717) is 28.0 Å². The third-order valence-corrected chi connectivity index (χ3v) is 6.26. The molecule has 0 fully saturated rings. The van der Waals surface area contributed by atoms with E-state index in [2.05, 4.69) is 50.7 Å². The molecule has 6 nitrogen and oxygen atoms in total. The first-order chi connectivity index (χ1) is 13.7. The van der Waals surface area contributed by atoms with Gasteiger partial charge in [0.2, 0.25) is 0 Å². The Morgan fingerprint density at radius 1 is 1.25 bits per heavy atom. The Bertz CT molecular complexity index is 1160. The van der Waals surface area contributed by atoms with Gasteiger partial charge in [0, 0.05) is 17.3 Å². The van der Waals surface area contributed by atoms with Crippen LogP contribution in [0.3, 0.4) is 0 Å². The predicted octanol–water partition coefficient (Wildman–Crippen LogP) is 4.02. The highest BCUT2D eigenvalue weighted by Gasteiger charge is 2.25. The predicted molar refractivity (Wildman–Crippen MR) is 109 cm³/mol. The number of carbonyl (C=O) groups excluding carboxylic acids is 1. The first-order valence-electron chi connectivity index (χ1n) is 9.34. The van der Waals surface area contributed by atoms with Gasteiger partial charge in [-0.2, -0.15) is 5.10 Å². The van der Waals surface area contributed by atoms with E-state index in [0.717, 1.165) is 25.0 Å². The summed E-state index contributed by atoms with van der Waals surface area (Å²) in [6.07, 6.45) is 6.46. The van der Waals surface area contributed by atoms with Crippen LogP contribution in [0.1, 0.15) is 44.5 Å². The second-order valence-corrected chi connectivity index (χ2v) is 8.13. The van der Waals surface area contributed by atoms with E-state index < -0.39 is 0 Å². The van der Waals surface area contributed by atoms with Crippen molar-refractivity contribution in [1.82, 2.24) is 19.6 Å². The molecule has 0 radical (unpaired) electrons. The molecule has 28 heavy (non-hydrogen) atoms. The van der Waals surface area contributed by atoms with Crippen LogP contribution in [0.4, 0.5) is 5.13 Å². The Morgan fingerprint density at radius 3 is 2.96 bits per heavy atom.